The van der Waals surface area contributed by atoms with Crippen molar-refractivity contribution in [3.05, 3.63) is 0 Å². The van der Waals surface area contributed by atoms with Crippen LogP contribution in [0.5, 0.6) is 0 Å². The number of hydrogen-bond donors (Lipinski definition) is 0. The quantitative estimate of drug-likeness (QED) is 0.383. The van der Waals surface area contributed by atoms with Gasteiger partial charge < -0.3 is 28.2 Å². The zero-order chi connectivity index (χ0) is 6.50. The van der Waals surface area contributed by atoms with Crippen LogP contribution in [0.25, 0.3) is 0 Å². The van der Waals surface area contributed by atoms with Gasteiger partial charge in [0, 0.05) is 0 Å². The van der Waals surface area contributed by atoms with Crippen LogP contribution in [-0.4, -0.2) is 120 Å². The molecule has 0 N–H and O–H groups in total. The molecule has 0 aromatic heterocycles. The van der Waals surface area contributed by atoms with Crippen LogP contribution in [0.1, 0.15) is 0 Å². The summed E-state index contributed by atoms with van der Waals surface area (Å²) in [5, 5.41) is 0. The third kappa shape index (κ3) is 81.7. The van der Waals surface area contributed by atoms with E-state index in [1.54, 1.807) is 0 Å². The van der Waals surface area contributed by atoms with Gasteiger partial charge in [-0.05, 0) is 0 Å². The summed E-state index contributed by atoms with van der Waals surface area (Å²) in [7, 11) is -5.61. The third-order valence-corrected chi connectivity index (χ3v) is 0. The van der Waals surface area contributed by atoms with Crippen molar-refractivity contribution in [2.24, 2.45) is 0 Å². The van der Waals surface area contributed by atoms with Gasteiger partial charge >= 0.3 is 113 Å². The van der Waals surface area contributed by atoms with Gasteiger partial charge in [0.25, 0.3) is 0 Å². The van der Waals surface area contributed by atoms with E-state index in [-0.39, 0.29) is 111 Å². The Morgan fingerprint density at radius 2 is 0.889 bits per heavy atom. The molecule has 0 aliphatic carbocycles. The van der Waals surface area contributed by atoms with Gasteiger partial charge in [-0.2, -0.15) is 0 Å². The Morgan fingerprint density at radius 3 is 0.889 bits per heavy atom. The van der Waals surface area contributed by atoms with E-state index in [9.17, 15) is 0 Å². The molecule has 0 saturated carbocycles. The van der Waals surface area contributed by atoms with Crippen LogP contribution in [0.2, 0.25) is 0 Å². The summed E-state index contributed by atoms with van der Waals surface area (Å²) in [6.07, 6.45) is 0. The molecule has 5 nitrogen and oxygen atoms in total. The van der Waals surface area contributed by atoms with Crippen LogP contribution in [0, 0.1) is 0 Å². The van der Waals surface area contributed by atoms with E-state index in [0.29, 0.717) is 0 Å². The molecule has 0 unspecified atom stereocenters. The van der Waals surface area contributed by atoms with Crippen LogP contribution in [0.3, 0.4) is 0 Å². The molecule has 0 radical (unpaired) electrons. The van der Waals surface area contributed by atoms with Gasteiger partial charge in [-0.25, -0.2) is 0 Å². The SMILES string of the molecule is [Ca+2].[Ca+2].[O-][Si]([O-])([O-])[O-].[O]=[Ca]. The van der Waals surface area contributed by atoms with Gasteiger partial charge in [-0.1, -0.05) is 0 Å². The summed E-state index contributed by atoms with van der Waals surface area (Å²) in [5.41, 5.74) is 0. The molecular formula is Ca3O5Si. The number of hydrogen-bond acceptors (Lipinski definition) is 5. The van der Waals surface area contributed by atoms with E-state index < -0.39 is 9.05 Å². The minimum atomic E-state index is -5.61. The van der Waals surface area contributed by atoms with Gasteiger partial charge in [-0.3, -0.25) is 0 Å². The molecule has 40 valence electrons. The summed E-state index contributed by atoms with van der Waals surface area (Å²) >= 11 is 0.125. The molecule has 0 aliphatic heterocycles. The molecular weight excluding hydrogens is 228 g/mol. The first-order chi connectivity index (χ1) is 3.00. The standard InChI is InChI=1S/3Ca.O4Si.O/c;;;1-5(2,3)4;/q;2*+2;-4;. The second kappa shape index (κ2) is 14.2. The Balaban J connectivity index is -0.0000000286. The van der Waals surface area contributed by atoms with E-state index in [1.807, 2.05) is 0 Å². The van der Waals surface area contributed by atoms with Gasteiger partial charge in [0.2, 0.25) is 0 Å². The molecule has 0 aromatic carbocycles. The molecule has 0 aromatic rings. The van der Waals surface area contributed by atoms with E-state index in [0.717, 1.165) is 0 Å². The van der Waals surface area contributed by atoms with Gasteiger partial charge in [0.1, 0.15) is 0 Å². The summed E-state index contributed by atoms with van der Waals surface area (Å²) < 4.78 is 8.38. The molecule has 0 aliphatic rings. The molecule has 0 bridgehead atoms. The molecule has 9 heavy (non-hydrogen) atoms. The monoisotopic (exact) mass is 228 g/mol. The van der Waals surface area contributed by atoms with Gasteiger partial charge in [0.05, 0.1) is 0 Å². The first kappa shape index (κ1) is 22.9. The van der Waals surface area contributed by atoms with Crippen LogP contribution < -0.4 is 19.2 Å². The topological polar surface area (TPSA) is 109 Å². The summed E-state index contributed by atoms with van der Waals surface area (Å²) in [4.78, 5) is 34.3. The second-order valence-electron chi connectivity index (χ2n) is 0.500. The predicted molar refractivity (Wildman–Crippen MR) is 23.7 cm³/mol. The van der Waals surface area contributed by atoms with Crippen molar-refractivity contribution in [2.75, 3.05) is 0 Å². The third-order valence-electron chi connectivity index (χ3n) is 0. The zero-order valence-corrected chi connectivity index (χ0v) is 12.3. The van der Waals surface area contributed by atoms with E-state index in [1.165, 1.54) is 0 Å². The van der Waals surface area contributed by atoms with Crippen molar-refractivity contribution in [1.82, 2.24) is 0 Å². The molecule has 0 rings (SSSR count). The molecule has 0 heterocycles. The molecule has 0 atom stereocenters. The Labute approximate surface area is 137 Å². The van der Waals surface area contributed by atoms with Crippen molar-refractivity contribution in [2.45, 2.75) is 0 Å². The first-order valence-electron chi connectivity index (χ1n) is 1.11. The second-order valence-corrected chi connectivity index (χ2v) is 1.50. The predicted octanol–water partition coefficient (Wildman–Crippen LogP) is -6.40. The average molecular weight is 228 g/mol. The molecule has 0 spiro atoms. The fourth-order valence-electron chi connectivity index (χ4n) is 0. The van der Waals surface area contributed by atoms with Crippen molar-refractivity contribution < 1.29 is 20.6 Å². The van der Waals surface area contributed by atoms with Crippen LogP contribution in [0.4, 0.5) is 0 Å². The summed E-state index contributed by atoms with van der Waals surface area (Å²) in [6.45, 7) is 0. The average Bonchev–Trinajstić information content (AvgIpc) is 1.36. The first-order valence-corrected chi connectivity index (χ1v) is 3.64. The summed E-state index contributed by atoms with van der Waals surface area (Å²) in [5.74, 6) is 0. The van der Waals surface area contributed by atoms with Crippen LogP contribution in [0.15, 0.2) is 0 Å². The molecule has 0 fully saturated rings. The Hall–Kier alpha value is 3.64. The minimum absolute atomic E-state index is 0. The molecule has 0 saturated heterocycles. The molecule has 0 amide bonds. The van der Waals surface area contributed by atoms with E-state index >= 15 is 0 Å². The van der Waals surface area contributed by atoms with Crippen molar-refractivity contribution >= 4 is 120 Å². The fraction of sp³-hybridized carbons (Fsp3) is 0. The van der Waals surface area contributed by atoms with Crippen LogP contribution >= 0.6 is 0 Å². The van der Waals surface area contributed by atoms with Crippen molar-refractivity contribution in [3.8, 4) is 0 Å². The van der Waals surface area contributed by atoms with Crippen molar-refractivity contribution in [3.63, 3.8) is 0 Å². The normalized spacial score (nSPS) is 7.33. The summed E-state index contributed by atoms with van der Waals surface area (Å²) in [6, 6.07) is 0. The number of rotatable bonds is 0. The Kier molecular flexibility index (Phi) is 36.1. The van der Waals surface area contributed by atoms with Gasteiger partial charge in [0.15, 0.2) is 0 Å². The Bertz CT molecular complexity index is 36.0. The van der Waals surface area contributed by atoms with E-state index in [4.69, 9.17) is 20.6 Å². The Morgan fingerprint density at radius 1 is 0.889 bits per heavy atom. The van der Waals surface area contributed by atoms with Crippen LogP contribution in [-0.2, 0) is 1.43 Å². The fourth-order valence-corrected chi connectivity index (χ4v) is 0. The maximum atomic E-state index is 8.58. The van der Waals surface area contributed by atoms with Gasteiger partial charge in [-0.15, -0.1) is 0 Å². The van der Waals surface area contributed by atoms with E-state index in [2.05, 4.69) is 0 Å². The zero-order valence-electron chi connectivity index (χ0n) is 4.66. The molecule has 9 heteroatoms. The van der Waals surface area contributed by atoms with Crippen molar-refractivity contribution in [1.29, 1.82) is 0 Å². The maximum absolute atomic E-state index is 8.58.